The number of thiophene rings is 1. The predicted octanol–water partition coefficient (Wildman–Crippen LogP) is 0.402. The molecule has 2 aromatic rings. The van der Waals surface area contributed by atoms with E-state index in [1.165, 1.54) is 10.9 Å². The normalized spacial score (nSPS) is 16.1. The van der Waals surface area contributed by atoms with Crippen molar-refractivity contribution in [3.63, 3.8) is 0 Å². The smallest absolute Gasteiger partial charge is 0.266 e. The van der Waals surface area contributed by atoms with Gasteiger partial charge in [-0.25, -0.2) is 0 Å². The van der Waals surface area contributed by atoms with Crippen molar-refractivity contribution in [3.05, 3.63) is 54.7 Å². The molecule has 1 saturated heterocycles. The van der Waals surface area contributed by atoms with Gasteiger partial charge < -0.3 is 4.90 Å². The fourth-order valence-electron chi connectivity index (χ4n) is 2.87. The highest BCUT2D eigenvalue weighted by Crippen LogP contribution is 2.14. The first kappa shape index (κ1) is 16.7. The number of rotatable bonds is 4. The number of nitrogens with zero attached hydrogens (tertiary/aromatic N) is 2. The highest BCUT2D eigenvalue weighted by atomic mass is 32.1. The predicted molar refractivity (Wildman–Crippen MR) is 92.2 cm³/mol. The average molecular weight is 348 g/mol. The maximum Gasteiger partial charge on any atom is 0.266 e. The summed E-state index contributed by atoms with van der Waals surface area (Å²) in [6.07, 6.45) is 0.868. The minimum Gasteiger partial charge on any atom is -0.341 e. The standard InChI is InChI=1S/C16H20N4O3S/c21-14-9-12(16(23)18-17-14)10-15(22)20-5-2-4-19(6-7-20)11-13-3-1-8-24-13/h1,3,8-9H,2,4-7,10-11H2,(H,17,21)(H,18,23). The van der Waals surface area contributed by atoms with Crippen LogP contribution in [-0.4, -0.2) is 52.1 Å². The van der Waals surface area contributed by atoms with Crippen molar-refractivity contribution < 1.29 is 4.79 Å². The summed E-state index contributed by atoms with van der Waals surface area (Å²) in [5.41, 5.74) is -0.615. The molecule has 2 N–H and O–H groups in total. The van der Waals surface area contributed by atoms with Gasteiger partial charge in [0.1, 0.15) is 0 Å². The third-order valence-corrected chi connectivity index (χ3v) is 5.00. The van der Waals surface area contributed by atoms with E-state index in [0.717, 1.165) is 26.1 Å². The van der Waals surface area contributed by atoms with Gasteiger partial charge in [-0.1, -0.05) is 6.07 Å². The zero-order valence-electron chi connectivity index (χ0n) is 13.3. The molecule has 0 radical (unpaired) electrons. The second-order valence-electron chi connectivity index (χ2n) is 5.88. The quantitative estimate of drug-likeness (QED) is 0.837. The molecule has 0 saturated carbocycles. The Morgan fingerprint density at radius 3 is 2.83 bits per heavy atom. The van der Waals surface area contributed by atoms with Gasteiger partial charge in [-0.15, -0.1) is 11.3 Å². The largest absolute Gasteiger partial charge is 0.341 e. The number of H-pyrrole nitrogens is 2. The van der Waals surface area contributed by atoms with E-state index in [4.69, 9.17) is 0 Å². The SMILES string of the molecule is O=C(Cc1cc(=O)[nH][nH]c1=O)N1CCCN(Cc2cccs2)CC1. The van der Waals surface area contributed by atoms with Crippen LogP contribution >= 0.6 is 11.3 Å². The molecule has 0 spiro atoms. The van der Waals surface area contributed by atoms with Crippen LogP contribution in [-0.2, 0) is 17.8 Å². The van der Waals surface area contributed by atoms with E-state index in [1.807, 2.05) is 6.07 Å². The minimum atomic E-state index is -0.419. The number of aromatic nitrogens is 2. The van der Waals surface area contributed by atoms with Gasteiger partial charge in [-0.2, -0.15) is 0 Å². The van der Waals surface area contributed by atoms with Crippen LogP contribution in [0.15, 0.2) is 33.2 Å². The molecular formula is C16H20N4O3S. The summed E-state index contributed by atoms with van der Waals surface area (Å²) in [5.74, 6) is -0.107. The molecule has 1 aliphatic rings. The maximum absolute atomic E-state index is 12.5. The molecule has 1 fully saturated rings. The van der Waals surface area contributed by atoms with Gasteiger partial charge in [-0.05, 0) is 17.9 Å². The zero-order valence-corrected chi connectivity index (χ0v) is 14.1. The third kappa shape index (κ3) is 4.21. The molecule has 0 atom stereocenters. The van der Waals surface area contributed by atoms with E-state index in [-0.39, 0.29) is 17.9 Å². The van der Waals surface area contributed by atoms with Crippen molar-refractivity contribution in [1.29, 1.82) is 0 Å². The number of aromatic amines is 2. The Morgan fingerprint density at radius 1 is 1.17 bits per heavy atom. The van der Waals surface area contributed by atoms with Gasteiger partial charge in [0, 0.05) is 49.2 Å². The molecule has 8 heteroatoms. The van der Waals surface area contributed by atoms with Gasteiger partial charge in [0.15, 0.2) is 0 Å². The van der Waals surface area contributed by atoms with E-state index in [9.17, 15) is 14.4 Å². The number of nitrogens with one attached hydrogen (secondary N) is 2. The molecule has 7 nitrogen and oxygen atoms in total. The molecule has 3 heterocycles. The lowest BCUT2D eigenvalue weighted by molar-refractivity contribution is -0.130. The fraction of sp³-hybridized carbons (Fsp3) is 0.438. The summed E-state index contributed by atoms with van der Waals surface area (Å²) in [6, 6.07) is 5.36. The van der Waals surface area contributed by atoms with Crippen LogP contribution in [0.3, 0.4) is 0 Å². The molecule has 24 heavy (non-hydrogen) atoms. The van der Waals surface area contributed by atoms with Crippen molar-refractivity contribution in [2.24, 2.45) is 0 Å². The lowest BCUT2D eigenvalue weighted by Crippen LogP contribution is -2.37. The number of carbonyl (C=O) groups excluding carboxylic acids is 1. The van der Waals surface area contributed by atoms with Crippen LogP contribution in [0.25, 0.3) is 0 Å². The second kappa shape index (κ2) is 7.59. The first-order chi connectivity index (χ1) is 11.6. The molecule has 0 aromatic carbocycles. The molecule has 0 bridgehead atoms. The Bertz CT molecular complexity index is 796. The van der Waals surface area contributed by atoms with Crippen LogP contribution in [0.4, 0.5) is 0 Å². The number of hydrogen-bond acceptors (Lipinski definition) is 5. The van der Waals surface area contributed by atoms with Crippen LogP contribution in [0.5, 0.6) is 0 Å². The molecule has 1 amide bonds. The topological polar surface area (TPSA) is 89.3 Å². The van der Waals surface area contributed by atoms with Crippen LogP contribution in [0, 0.1) is 0 Å². The van der Waals surface area contributed by atoms with Crippen molar-refractivity contribution in [3.8, 4) is 0 Å². The minimum absolute atomic E-state index is 0.0375. The lowest BCUT2D eigenvalue weighted by Gasteiger charge is -2.21. The molecule has 128 valence electrons. The molecule has 0 aliphatic carbocycles. The Hall–Kier alpha value is -2.19. The Labute approximate surface area is 142 Å². The third-order valence-electron chi connectivity index (χ3n) is 4.14. The first-order valence-electron chi connectivity index (χ1n) is 7.95. The van der Waals surface area contributed by atoms with Gasteiger partial charge in [-0.3, -0.25) is 29.5 Å². The summed E-state index contributed by atoms with van der Waals surface area (Å²) >= 11 is 1.74. The zero-order chi connectivity index (χ0) is 16.9. The summed E-state index contributed by atoms with van der Waals surface area (Å²) < 4.78 is 0. The van der Waals surface area contributed by atoms with Crippen molar-refractivity contribution in [1.82, 2.24) is 20.0 Å². The molecule has 0 unspecified atom stereocenters. The van der Waals surface area contributed by atoms with Gasteiger partial charge in [0.05, 0.1) is 6.42 Å². The molecule has 1 aliphatic heterocycles. The second-order valence-corrected chi connectivity index (χ2v) is 6.91. The monoisotopic (exact) mass is 348 g/mol. The fourth-order valence-corrected chi connectivity index (χ4v) is 3.61. The highest BCUT2D eigenvalue weighted by molar-refractivity contribution is 7.09. The summed E-state index contributed by atoms with van der Waals surface area (Å²) in [5, 5.41) is 6.53. The van der Waals surface area contributed by atoms with Crippen molar-refractivity contribution in [2.75, 3.05) is 26.2 Å². The number of carbonyl (C=O) groups is 1. The highest BCUT2D eigenvalue weighted by Gasteiger charge is 2.20. The number of hydrogen-bond donors (Lipinski definition) is 2. The van der Waals surface area contributed by atoms with E-state index in [2.05, 4.69) is 26.5 Å². The maximum atomic E-state index is 12.5. The van der Waals surface area contributed by atoms with Gasteiger partial charge in [0.2, 0.25) is 5.91 Å². The Morgan fingerprint density at radius 2 is 2.04 bits per heavy atom. The Balaban J connectivity index is 1.59. The van der Waals surface area contributed by atoms with E-state index >= 15 is 0 Å². The first-order valence-corrected chi connectivity index (χ1v) is 8.83. The Kier molecular flexibility index (Phi) is 5.27. The number of amides is 1. The van der Waals surface area contributed by atoms with E-state index < -0.39 is 11.1 Å². The average Bonchev–Trinajstić information content (AvgIpc) is 2.95. The van der Waals surface area contributed by atoms with Crippen LogP contribution < -0.4 is 11.1 Å². The van der Waals surface area contributed by atoms with E-state index in [0.29, 0.717) is 13.1 Å². The lowest BCUT2D eigenvalue weighted by atomic mass is 10.2. The van der Waals surface area contributed by atoms with Crippen LogP contribution in [0.1, 0.15) is 16.9 Å². The van der Waals surface area contributed by atoms with Crippen molar-refractivity contribution >= 4 is 17.2 Å². The summed E-state index contributed by atoms with van der Waals surface area (Å²) in [4.78, 5) is 40.9. The van der Waals surface area contributed by atoms with E-state index in [1.54, 1.807) is 16.2 Å². The van der Waals surface area contributed by atoms with Crippen molar-refractivity contribution in [2.45, 2.75) is 19.4 Å². The van der Waals surface area contributed by atoms with Gasteiger partial charge in [0.25, 0.3) is 11.1 Å². The molecule has 2 aromatic heterocycles. The molecular weight excluding hydrogens is 328 g/mol. The summed E-state index contributed by atoms with van der Waals surface area (Å²) in [7, 11) is 0. The van der Waals surface area contributed by atoms with Crippen LogP contribution in [0.2, 0.25) is 0 Å². The van der Waals surface area contributed by atoms with Gasteiger partial charge >= 0.3 is 0 Å². The molecule has 3 rings (SSSR count). The summed E-state index contributed by atoms with van der Waals surface area (Å²) in [6.45, 7) is 4.00.